The van der Waals surface area contributed by atoms with Gasteiger partial charge in [-0.2, -0.15) is 0 Å². The van der Waals surface area contributed by atoms with Gasteiger partial charge in [0.1, 0.15) is 0 Å². The van der Waals surface area contributed by atoms with Gasteiger partial charge in [0.05, 0.1) is 12.6 Å². The van der Waals surface area contributed by atoms with Crippen molar-refractivity contribution in [2.75, 3.05) is 39.3 Å². The van der Waals surface area contributed by atoms with E-state index in [0.717, 1.165) is 38.6 Å². The Morgan fingerprint density at radius 3 is 2.75 bits per heavy atom. The zero-order chi connectivity index (χ0) is 19.1. The Labute approximate surface area is 190 Å². The van der Waals surface area contributed by atoms with Crippen molar-refractivity contribution < 1.29 is 4.79 Å². The molecule has 3 rings (SSSR count). The summed E-state index contributed by atoms with van der Waals surface area (Å²) in [6, 6.07) is 5.01. The first-order chi connectivity index (χ1) is 13.2. The number of nitrogens with one attached hydrogen (secondary N) is 2. The average molecular weight is 519 g/mol. The fourth-order valence-electron chi connectivity index (χ4n) is 3.94. The van der Waals surface area contributed by atoms with Crippen LogP contribution in [0.25, 0.3) is 0 Å². The summed E-state index contributed by atoms with van der Waals surface area (Å²) in [5, 5.41) is 9.08. The topological polar surface area (TPSA) is 60.0 Å². The molecule has 0 aliphatic carbocycles. The number of guanidine groups is 1. The van der Waals surface area contributed by atoms with Crippen LogP contribution in [0, 0.1) is 0 Å². The van der Waals surface area contributed by atoms with Crippen LogP contribution in [-0.4, -0.2) is 67.0 Å². The number of aliphatic imine (C=N–C) groups is 1. The number of rotatable bonds is 7. The molecular weight excluding hydrogens is 485 g/mol. The van der Waals surface area contributed by atoms with Gasteiger partial charge < -0.3 is 15.5 Å². The Morgan fingerprint density at radius 2 is 2.11 bits per heavy atom. The third-order valence-electron chi connectivity index (χ3n) is 5.40. The summed E-state index contributed by atoms with van der Waals surface area (Å²) < 4.78 is 0. The van der Waals surface area contributed by atoms with E-state index in [4.69, 9.17) is 4.99 Å². The van der Waals surface area contributed by atoms with Crippen LogP contribution >= 0.6 is 35.3 Å². The highest BCUT2D eigenvalue weighted by molar-refractivity contribution is 14.0. The second-order valence-electron chi connectivity index (χ2n) is 7.32. The fourth-order valence-corrected chi connectivity index (χ4v) is 4.79. The summed E-state index contributed by atoms with van der Waals surface area (Å²) >= 11 is 1.83. The van der Waals surface area contributed by atoms with E-state index < -0.39 is 0 Å². The predicted molar refractivity (Wildman–Crippen MR) is 128 cm³/mol. The van der Waals surface area contributed by atoms with Crippen LogP contribution in [0.15, 0.2) is 22.5 Å². The molecule has 1 aromatic heterocycles. The molecule has 2 fully saturated rings. The third-order valence-corrected chi connectivity index (χ3v) is 6.38. The number of thiophene rings is 1. The molecule has 2 aliphatic heterocycles. The quantitative estimate of drug-likeness (QED) is 0.331. The monoisotopic (exact) mass is 519 g/mol. The van der Waals surface area contributed by atoms with Gasteiger partial charge in [0, 0.05) is 37.0 Å². The summed E-state index contributed by atoms with van der Waals surface area (Å²) in [5.74, 6) is 1.11. The molecule has 2 atom stereocenters. The van der Waals surface area contributed by atoms with Gasteiger partial charge in [0.15, 0.2) is 5.96 Å². The molecular formula is C20H34IN5OS. The van der Waals surface area contributed by atoms with E-state index in [0.29, 0.717) is 12.5 Å². The van der Waals surface area contributed by atoms with Crippen LogP contribution in [0.5, 0.6) is 0 Å². The minimum absolute atomic E-state index is 0. The number of amides is 1. The maximum absolute atomic E-state index is 11.9. The van der Waals surface area contributed by atoms with Crippen LogP contribution in [0.1, 0.15) is 50.4 Å². The van der Waals surface area contributed by atoms with Crippen molar-refractivity contribution in [3.05, 3.63) is 22.4 Å². The number of likely N-dealkylation sites (tertiary alicyclic amines) is 2. The van der Waals surface area contributed by atoms with Gasteiger partial charge in [-0.1, -0.05) is 13.0 Å². The number of hydrogen-bond donors (Lipinski definition) is 2. The lowest BCUT2D eigenvalue weighted by molar-refractivity contribution is -0.129. The van der Waals surface area contributed by atoms with Crippen molar-refractivity contribution in [2.24, 2.45) is 4.99 Å². The maximum atomic E-state index is 11.9. The molecule has 2 aliphatic rings. The fraction of sp³-hybridized carbons (Fsp3) is 0.700. The SMILES string of the molecule is CCNC(=NCC(c1cccs1)N1CCCC1)NC1CCN(C(=O)CC)C1.I. The van der Waals surface area contributed by atoms with E-state index >= 15 is 0 Å². The maximum Gasteiger partial charge on any atom is 0.222 e. The van der Waals surface area contributed by atoms with Gasteiger partial charge in [0.25, 0.3) is 0 Å². The normalized spacial score (nSPS) is 21.4. The molecule has 0 bridgehead atoms. The molecule has 2 N–H and O–H groups in total. The lowest BCUT2D eigenvalue weighted by atomic mass is 10.2. The van der Waals surface area contributed by atoms with Crippen molar-refractivity contribution in [2.45, 2.75) is 51.6 Å². The number of carbonyl (C=O) groups is 1. The Kier molecular flexibility index (Phi) is 10.0. The minimum Gasteiger partial charge on any atom is -0.357 e. The molecule has 6 nitrogen and oxygen atoms in total. The molecule has 158 valence electrons. The molecule has 0 radical (unpaired) electrons. The van der Waals surface area contributed by atoms with E-state index in [1.54, 1.807) is 0 Å². The first-order valence-corrected chi connectivity index (χ1v) is 11.2. The van der Waals surface area contributed by atoms with Gasteiger partial charge in [-0.3, -0.25) is 14.7 Å². The number of halogens is 1. The molecule has 8 heteroatoms. The van der Waals surface area contributed by atoms with Crippen LogP contribution in [0.2, 0.25) is 0 Å². The molecule has 0 spiro atoms. The van der Waals surface area contributed by atoms with E-state index in [-0.39, 0.29) is 35.9 Å². The highest BCUT2D eigenvalue weighted by Crippen LogP contribution is 2.28. The molecule has 0 saturated carbocycles. The number of hydrogen-bond acceptors (Lipinski definition) is 4. The molecule has 28 heavy (non-hydrogen) atoms. The van der Waals surface area contributed by atoms with Gasteiger partial charge in [-0.05, 0) is 50.7 Å². The summed E-state index contributed by atoms with van der Waals surface area (Å²) in [5.41, 5.74) is 0. The lowest BCUT2D eigenvalue weighted by Gasteiger charge is -2.26. The Morgan fingerprint density at radius 1 is 1.32 bits per heavy atom. The summed E-state index contributed by atoms with van der Waals surface area (Å²) in [4.78, 5) is 22.8. The molecule has 1 aromatic rings. The van der Waals surface area contributed by atoms with Gasteiger partial charge in [-0.25, -0.2) is 0 Å². The second kappa shape index (κ2) is 12.0. The van der Waals surface area contributed by atoms with E-state index in [1.165, 1.54) is 30.8 Å². The zero-order valence-electron chi connectivity index (χ0n) is 17.0. The molecule has 2 unspecified atom stereocenters. The van der Waals surface area contributed by atoms with Crippen LogP contribution < -0.4 is 10.6 Å². The van der Waals surface area contributed by atoms with Crippen LogP contribution in [-0.2, 0) is 4.79 Å². The van der Waals surface area contributed by atoms with Crippen molar-refractivity contribution in [3.63, 3.8) is 0 Å². The standard InChI is InChI=1S/C20H33N5OS.HI/c1-3-19(26)25-12-9-16(15-25)23-20(21-4-2)22-14-17(18-8-7-13-27-18)24-10-5-6-11-24;/h7-8,13,16-17H,3-6,9-12,14-15H2,1-2H3,(H2,21,22,23);1H. The minimum atomic E-state index is 0. The first-order valence-electron chi connectivity index (χ1n) is 10.3. The molecule has 0 aromatic carbocycles. The lowest BCUT2D eigenvalue weighted by Crippen LogP contribution is -2.45. The van der Waals surface area contributed by atoms with E-state index in [9.17, 15) is 4.79 Å². The molecule has 3 heterocycles. The van der Waals surface area contributed by atoms with Crippen molar-refractivity contribution in [3.8, 4) is 0 Å². The van der Waals surface area contributed by atoms with Crippen molar-refractivity contribution in [1.29, 1.82) is 0 Å². The second-order valence-corrected chi connectivity index (χ2v) is 8.30. The van der Waals surface area contributed by atoms with E-state index in [2.05, 4.69) is 40.0 Å². The van der Waals surface area contributed by atoms with Gasteiger partial charge in [-0.15, -0.1) is 35.3 Å². The Bertz CT molecular complexity index is 618. The Hall–Kier alpha value is -0.870. The first kappa shape index (κ1) is 23.4. The Balaban J connectivity index is 0.00000280. The smallest absolute Gasteiger partial charge is 0.222 e. The summed E-state index contributed by atoms with van der Waals surface area (Å²) in [6.45, 7) is 9.57. The summed E-state index contributed by atoms with van der Waals surface area (Å²) in [7, 11) is 0. The van der Waals surface area contributed by atoms with Gasteiger partial charge >= 0.3 is 0 Å². The largest absolute Gasteiger partial charge is 0.357 e. The molecule has 2 saturated heterocycles. The third kappa shape index (κ3) is 6.32. The average Bonchev–Trinajstić information content (AvgIpc) is 3.44. The van der Waals surface area contributed by atoms with Crippen molar-refractivity contribution >= 4 is 47.2 Å². The predicted octanol–water partition coefficient (Wildman–Crippen LogP) is 3.07. The molecule has 1 amide bonds. The number of carbonyl (C=O) groups excluding carboxylic acids is 1. The van der Waals surface area contributed by atoms with Crippen LogP contribution in [0.3, 0.4) is 0 Å². The highest BCUT2D eigenvalue weighted by atomic mass is 127. The number of nitrogens with zero attached hydrogens (tertiary/aromatic N) is 3. The van der Waals surface area contributed by atoms with Gasteiger partial charge in [0.2, 0.25) is 5.91 Å². The van der Waals surface area contributed by atoms with E-state index in [1.807, 2.05) is 23.2 Å². The van der Waals surface area contributed by atoms with Crippen LogP contribution in [0.4, 0.5) is 0 Å². The zero-order valence-corrected chi connectivity index (χ0v) is 20.2. The van der Waals surface area contributed by atoms with Crippen molar-refractivity contribution in [1.82, 2.24) is 20.4 Å². The highest BCUT2D eigenvalue weighted by Gasteiger charge is 2.27. The summed E-state index contributed by atoms with van der Waals surface area (Å²) in [6.07, 6.45) is 4.14.